The van der Waals surface area contributed by atoms with Crippen molar-refractivity contribution in [3.8, 4) is 0 Å². The van der Waals surface area contributed by atoms with Crippen molar-refractivity contribution in [1.82, 2.24) is 0 Å². The molecule has 4 heteroatoms. The van der Waals surface area contributed by atoms with Crippen LogP contribution >= 0.6 is 0 Å². The fourth-order valence-electron chi connectivity index (χ4n) is 6.08. The summed E-state index contributed by atoms with van der Waals surface area (Å²) in [6, 6.07) is 28.9. The van der Waals surface area contributed by atoms with E-state index in [0.29, 0.717) is 13.0 Å². The first-order valence-corrected chi connectivity index (χ1v) is 14.2. The lowest BCUT2D eigenvalue weighted by Gasteiger charge is -2.22. The van der Waals surface area contributed by atoms with Gasteiger partial charge in [-0.3, -0.25) is 14.6 Å². The van der Waals surface area contributed by atoms with Crippen LogP contribution in [-0.4, -0.2) is 23.1 Å². The highest BCUT2D eigenvalue weighted by Crippen LogP contribution is 2.28. The Kier molecular flexibility index (Phi) is 7.61. The number of carbonyl (C=O) groups excluding carboxylic acids is 1. The lowest BCUT2D eigenvalue weighted by Crippen LogP contribution is -2.28. The molecule has 0 saturated heterocycles. The summed E-state index contributed by atoms with van der Waals surface area (Å²) in [5, 5.41) is 13.7. The standard InChI is InChI=1S/C26H20O.C12H11NO2/c1-2-17-7-3-5-9-20(17)25-15-19-12-14-22-21-10-6-4-8-18(21)11-13-23(22)24(19)16-26(25)27;14-12(15)6-9-5-10-3-1-2-4-11(10)8-13-7-9/h2-12,14-15,25H,1,13,16H2;1-5,7H,6,8H2,(H,14,15). The molecule has 4 nitrogen and oxygen atoms in total. The van der Waals surface area contributed by atoms with Crippen LogP contribution in [-0.2, 0) is 29.0 Å². The van der Waals surface area contributed by atoms with Crippen molar-refractivity contribution in [1.29, 1.82) is 0 Å². The minimum absolute atomic E-state index is 0.0256. The molecule has 0 radical (unpaired) electrons. The first-order valence-electron chi connectivity index (χ1n) is 14.2. The number of benzene rings is 4. The van der Waals surface area contributed by atoms with Crippen LogP contribution in [0.4, 0.5) is 0 Å². The summed E-state index contributed by atoms with van der Waals surface area (Å²) in [4.78, 5) is 27.9. The van der Waals surface area contributed by atoms with E-state index in [1.54, 1.807) is 6.21 Å². The first kappa shape index (κ1) is 27.1. The van der Waals surface area contributed by atoms with E-state index in [-0.39, 0.29) is 18.1 Å². The Labute approximate surface area is 244 Å². The predicted molar refractivity (Wildman–Crippen MR) is 169 cm³/mol. The lowest BCUT2D eigenvalue weighted by atomic mass is 9.80. The average molecular weight is 550 g/mol. The predicted octanol–water partition coefficient (Wildman–Crippen LogP) is 5.77. The molecule has 1 N–H and O–H groups in total. The maximum atomic E-state index is 13.1. The van der Waals surface area contributed by atoms with Gasteiger partial charge in [0.2, 0.25) is 0 Å². The molecule has 206 valence electrons. The number of carboxylic acid groups (broad SMARTS) is 1. The van der Waals surface area contributed by atoms with Crippen LogP contribution in [0, 0.1) is 10.4 Å². The van der Waals surface area contributed by atoms with Gasteiger partial charge >= 0.3 is 5.97 Å². The Morgan fingerprint density at radius 1 is 0.905 bits per heavy atom. The van der Waals surface area contributed by atoms with Crippen molar-refractivity contribution in [3.05, 3.63) is 151 Å². The summed E-state index contributed by atoms with van der Waals surface area (Å²) in [6.45, 7) is 4.53. The van der Waals surface area contributed by atoms with E-state index in [1.165, 1.54) is 32.0 Å². The van der Waals surface area contributed by atoms with Crippen LogP contribution in [0.5, 0.6) is 0 Å². The van der Waals surface area contributed by atoms with E-state index < -0.39 is 5.97 Å². The van der Waals surface area contributed by atoms with Gasteiger partial charge < -0.3 is 5.11 Å². The molecule has 1 atom stereocenters. The second kappa shape index (κ2) is 11.8. The molecule has 0 spiro atoms. The zero-order valence-electron chi connectivity index (χ0n) is 23.3. The van der Waals surface area contributed by atoms with E-state index in [9.17, 15) is 9.59 Å². The van der Waals surface area contributed by atoms with E-state index in [4.69, 9.17) is 5.11 Å². The molecule has 1 heterocycles. The molecule has 42 heavy (non-hydrogen) atoms. The summed E-state index contributed by atoms with van der Waals surface area (Å²) >= 11 is 0. The van der Waals surface area contributed by atoms with E-state index in [2.05, 4.69) is 60.1 Å². The van der Waals surface area contributed by atoms with Crippen LogP contribution in [0.15, 0.2) is 102 Å². The molecule has 2 aliphatic carbocycles. The van der Waals surface area contributed by atoms with Gasteiger partial charge in [-0.2, -0.15) is 0 Å². The molecule has 1 unspecified atom stereocenters. The first-order chi connectivity index (χ1) is 20.5. The van der Waals surface area contributed by atoms with Crippen molar-refractivity contribution in [2.75, 3.05) is 0 Å². The Balaban J connectivity index is 0.000000179. The largest absolute Gasteiger partial charge is 0.481 e. The van der Waals surface area contributed by atoms with E-state index in [1.807, 2.05) is 60.7 Å². The van der Waals surface area contributed by atoms with Gasteiger partial charge in [-0.05, 0) is 72.3 Å². The second-order valence-electron chi connectivity index (χ2n) is 10.7. The highest BCUT2D eigenvalue weighted by Gasteiger charge is 2.26. The molecule has 4 aromatic rings. The van der Waals surface area contributed by atoms with Crippen LogP contribution in [0.2, 0.25) is 0 Å². The van der Waals surface area contributed by atoms with Crippen molar-refractivity contribution < 1.29 is 14.7 Å². The molecule has 0 saturated carbocycles. The minimum atomic E-state index is -0.827. The normalized spacial score (nSPS) is 16.0. The highest BCUT2D eigenvalue weighted by atomic mass is 16.4. The molecule has 1 aliphatic heterocycles. The number of fused-ring (bicyclic) bond motifs is 5. The third-order valence-electron chi connectivity index (χ3n) is 8.11. The van der Waals surface area contributed by atoms with Crippen molar-refractivity contribution in [2.45, 2.75) is 31.7 Å². The number of hydrogen-bond acceptors (Lipinski definition) is 3. The molecule has 0 amide bonds. The number of carboxylic acids is 1. The third kappa shape index (κ3) is 5.44. The topological polar surface area (TPSA) is 66.7 Å². The van der Waals surface area contributed by atoms with Crippen LogP contribution in [0.25, 0.3) is 24.3 Å². The maximum absolute atomic E-state index is 13.1. The molecule has 0 bridgehead atoms. The Hall–Kier alpha value is -5.09. The number of ketones is 1. The van der Waals surface area contributed by atoms with Gasteiger partial charge in [0, 0.05) is 12.6 Å². The number of Topliss-reactive ketones (excluding diaryl/α,β-unsaturated/α-hetero) is 1. The van der Waals surface area contributed by atoms with Crippen LogP contribution < -0.4 is 10.4 Å². The average Bonchev–Trinajstić information content (AvgIpc) is 3.22. The Morgan fingerprint density at radius 2 is 1.69 bits per heavy atom. The summed E-state index contributed by atoms with van der Waals surface area (Å²) in [5.74, 6) is -0.749. The number of aliphatic carboxylic acids is 1. The molecular weight excluding hydrogens is 518 g/mol. The van der Waals surface area contributed by atoms with Gasteiger partial charge in [-0.15, -0.1) is 0 Å². The summed E-state index contributed by atoms with van der Waals surface area (Å²) in [7, 11) is 0. The van der Waals surface area contributed by atoms with Crippen molar-refractivity contribution in [2.24, 2.45) is 4.99 Å². The Bertz CT molecular complexity index is 2020. The second-order valence-corrected chi connectivity index (χ2v) is 10.7. The minimum Gasteiger partial charge on any atom is -0.481 e. The van der Waals surface area contributed by atoms with Crippen LogP contribution in [0.1, 0.15) is 45.7 Å². The van der Waals surface area contributed by atoms with Gasteiger partial charge in [0.25, 0.3) is 0 Å². The smallest absolute Gasteiger partial charge is 0.307 e. The van der Waals surface area contributed by atoms with E-state index >= 15 is 0 Å². The maximum Gasteiger partial charge on any atom is 0.307 e. The lowest BCUT2D eigenvalue weighted by molar-refractivity contribution is -0.136. The van der Waals surface area contributed by atoms with Gasteiger partial charge in [0.15, 0.2) is 0 Å². The van der Waals surface area contributed by atoms with Crippen molar-refractivity contribution in [3.63, 3.8) is 0 Å². The number of carbonyl (C=O) groups is 2. The molecule has 7 rings (SSSR count). The molecule has 0 fully saturated rings. The zero-order chi connectivity index (χ0) is 29.1. The highest BCUT2D eigenvalue weighted by molar-refractivity contribution is 5.96. The van der Waals surface area contributed by atoms with Crippen molar-refractivity contribution >= 4 is 42.3 Å². The number of hydrogen-bond donors (Lipinski definition) is 1. The van der Waals surface area contributed by atoms with Gasteiger partial charge in [0.05, 0.1) is 18.9 Å². The monoisotopic (exact) mass is 549 g/mol. The quantitative estimate of drug-likeness (QED) is 0.351. The summed E-state index contributed by atoms with van der Waals surface area (Å²) in [5.41, 5.74) is 7.54. The molecular formula is C38H31NO3. The van der Waals surface area contributed by atoms with Crippen LogP contribution in [0.3, 0.4) is 0 Å². The molecule has 0 aromatic heterocycles. The number of rotatable bonds is 4. The third-order valence-corrected chi connectivity index (χ3v) is 8.11. The van der Waals surface area contributed by atoms with Gasteiger partial charge in [-0.1, -0.05) is 110 Å². The zero-order valence-corrected chi connectivity index (χ0v) is 23.3. The SMILES string of the molecule is C=Cc1ccccc1C1C=c2ccc3c(c2CC1=O)CC=c1ccccc1=3.O=C(O)CC1=Cc2ccccc2CN=C1. The fraction of sp³-hybridized carbons (Fsp3) is 0.132. The summed E-state index contributed by atoms with van der Waals surface area (Å²) < 4.78 is 0. The number of aliphatic imine (C=N–C) groups is 1. The van der Waals surface area contributed by atoms with Gasteiger partial charge in [-0.25, -0.2) is 0 Å². The van der Waals surface area contributed by atoms with E-state index in [0.717, 1.165) is 34.2 Å². The Morgan fingerprint density at radius 3 is 2.55 bits per heavy atom. The molecule has 4 aromatic carbocycles. The van der Waals surface area contributed by atoms with Gasteiger partial charge in [0.1, 0.15) is 5.78 Å². The fourth-order valence-corrected chi connectivity index (χ4v) is 6.08. The number of nitrogens with zero attached hydrogens (tertiary/aromatic N) is 1. The summed E-state index contributed by atoms with van der Waals surface area (Å²) in [6.07, 6.45) is 11.2. The molecule has 3 aliphatic rings.